The van der Waals surface area contributed by atoms with Gasteiger partial charge in [-0.1, -0.05) is 36.4 Å². The monoisotopic (exact) mass is 318 g/mol. The molecule has 4 nitrogen and oxygen atoms in total. The summed E-state index contributed by atoms with van der Waals surface area (Å²) < 4.78 is 5.07. The molecule has 0 fully saturated rings. The van der Waals surface area contributed by atoms with Crippen molar-refractivity contribution in [1.82, 2.24) is 0 Å². The Morgan fingerprint density at radius 2 is 1.79 bits per heavy atom. The van der Waals surface area contributed by atoms with Crippen LogP contribution in [0.4, 0.5) is 5.69 Å². The molecule has 0 aliphatic heterocycles. The van der Waals surface area contributed by atoms with Gasteiger partial charge < -0.3 is 10.1 Å². The van der Waals surface area contributed by atoms with Crippen LogP contribution >= 0.6 is 0 Å². The summed E-state index contributed by atoms with van der Waals surface area (Å²) in [5.41, 5.74) is 2.49. The second-order valence-corrected chi connectivity index (χ2v) is 5.15. The van der Waals surface area contributed by atoms with Gasteiger partial charge in [0.2, 0.25) is 0 Å². The summed E-state index contributed by atoms with van der Waals surface area (Å²) in [5, 5.41) is 11.9. The Bertz CT molecular complexity index is 798. The van der Waals surface area contributed by atoms with E-state index in [0.29, 0.717) is 11.4 Å². The molecular formula is C20H18N2O2. The normalized spacial score (nSPS) is 11.5. The van der Waals surface area contributed by atoms with Crippen LogP contribution < -0.4 is 10.1 Å². The molecule has 0 saturated carbocycles. The van der Waals surface area contributed by atoms with E-state index in [0.717, 1.165) is 11.1 Å². The third-order valence-corrected chi connectivity index (χ3v) is 3.28. The van der Waals surface area contributed by atoms with Gasteiger partial charge in [0.15, 0.2) is 0 Å². The zero-order chi connectivity index (χ0) is 17.4. The Kier molecular flexibility index (Phi) is 5.93. The van der Waals surface area contributed by atoms with Gasteiger partial charge in [-0.2, -0.15) is 5.26 Å². The quantitative estimate of drug-likeness (QED) is 0.511. The number of benzene rings is 2. The molecule has 2 aromatic rings. The summed E-state index contributed by atoms with van der Waals surface area (Å²) in [4.78, 5) is 12.2. The van der Waals surface area contributed by atoms with E-state index < -0.39 is 5.91 Å². The second-order valence-electron chi connectivity index (χ2n) is 5.15. The molecule has 24 heavy (non-hydrogen) atoms. The zero-order valence-electron chi connectivity index (χ0n) is 13.6. The first-order valence-electron chi connectivity index (χ1n) is 7.43. The molecule has 0 aromatic heterocycles. The van der Waals surface area contributed by atoms with Crippen molar-refractivity contribution >= 4 is 17.7 Å². The lowest BCUT2D eigenvalue weighted by molar-refractivity contribution is -0.112. The fourth-order valence-corrected chi connectivity index (χ4v) is 2.10. The number of anilines is 1. The first-order valence-corrected chi connectivity index (χ1v) is 7.43. The summed E-state index contributed by atoms with van der Waals surface area (Å²) in [5.74, 6) is 0.258. The van der Waals surface area contributed by atoms with Crippen molar-refractivity contribution in [2.45, 2.75) is 6.92 Å². The highest BCUT2D eigenvalue weighted by Gasteiger charge is 2.09. The van der Waals surface area contributed by atoms with Gasteiger partial charge in [-0.3, -0.25) is 4.79 Å². The molecule has 0 saturated heterocycles. The lowest BCUT2D eigenvalue weighted by Gasteiger charge is -2.05. The van der Waals surface area contributed by atoms with E-state index in [1.807, 2.05) is 49.4 Å². The summed E-state index contributed by atoms with van der Waals surface area (Å²) in [6, 6.07) is 18.6. The third-order valence-electron chi connectivity index (χ3n) is 3.28. The van der Waals surface area contributed by atoms with Gasteiger partial charge in [0.05, 0.1) is 7.11 Å². The van der Waals surface area contributed by atoms with Crippen molar-refractivity contribution in [2.24, 2.45) is 0 Å². The highest BCUT2D eigenvalue weighted by atomic mass is 16.5. The van der Waals surface area contributed by atoms with Crippen LogP contribution in [-0.2, 0) is 4.79 Å². The van der Waals surface area contributed by atoms with E-state index in [9.17, 15) is 10.1 Å². The summed E-state index contributed by atoms with van der Waals surface area (Å²) in [6.07, 6.45) is 3.49. The fraction of sp³-hybridized carbons (Fsp3) is 0.100. The molecule has 0 radical (unpaired) electrons. The highest BCUT2D eigenvalue weighted by molar-refractivity contribution is 6.07. The molecule has 1 amide bonds. The highest BCUT2D eigenvalue weighted by Crippen LogP contribution is 2.16. The maximum absolute atomic E-state index is 12.2. The Hall–Kier alpha value is -3.32. The van der Waals surface area contributed by atoms with Crippen molar-refractivity contribution in [2.75, 3.05) is 12.4 Å². The lowest BCUT2D eigenvalue weighted by Crippen LogP contribution is -2.13. The average molecular weight is 318 g/mol. The molecular weight excluding hydrogens is 300 g/mol. The van der Waals surface area contributed by atoms with Crippen LogP contribution in [0.1, 0.15) is 12.5 Å². The minimum Gasteiger partial charge on any atom is -0.497 e. The standard InChI is InChI=1S/C20H18N2O2/c1-15(12-16-6-4-3-5-7-16)13-17(14-21)20(23)22-18-8-10-19(24-2)11-9-18/h3-13H,1-2H3,(H,22,23)/b15-12+,17-13+. The van der Waals surface area contributed by atoms with E-state index in [1.165, 1.54) is 0 Å². The number of nitriles is 1. The molecule has 0 bridgehead atoms. The molecule has 120 valence electrons. The first kappa shape index (κ1) is 17.0. The number of hydrogen-bond donors (Lipinski definition) is 1. The number of rotatable bonds is 5. The van der Waals surface area contributed by atoms with Gasteiger partial charge in [0.25, 0.3) is 5.91 Å². The first-order chi connectivity index (χ1) is 11.6. The third kappa shape index (κ3) is 4.85. The fourth-order valence-electron chi connectivity index (χ4n) is 2.10. The number of carbonyl (C=O) groups is 1. The molecule has 0 heterocycles. The lowest BCUT2D eigenvalue weighted by atomic mass is 10.1. The number of nitrogens with one attached hydrogen (secondary N) is 1. The maximum Gasteiger partial charge on any atom is 0.266 e. The van der Waals surface area contributed by atoms with Gasteiger partial charge >= 0.3 is 0 Å². The van der Waals surface area contributed by atoms with Gasteiger partial charge in [-0.05, 0) is 48.4 Å². The van der Waals surface area contributed by atoms with Crippen molar-refractivity contribution in [3.05, 3.63) is 77.4 Å². The summed E-state index contributed by atoms with van der Waals surface area (Å²) in [6.45, 7) is 1.85. The predicted octanol–water partition coefficient (Wildman–Crippen LogP) is 4.19. The number of carbonyl (C=O) groups excluding carboxylic acids is 1. The van der Waals surface area contributed by atoms with E-state index in [2.05, 4.69) is 5.32 Å². The number of amides is 1. The van der Waals surface area contributed by atoms with Crippen LogP contribution in [0.2, 0.25) is 0 Å². The van der Waals surface area contributed by atoms with Crippen LogP contribution in [0.15, 0.2) is 71.8 Å². The number of allylic oxidation sites excluding steroid dienone is 2. The number of methoxy groups -OCH3 is 1. The zero-order valence-corrected chi connectivity index (χ0v) is 13.6. The number of nitrogens with zero attached hydrogens (tertiary/aromatic N) is 1. The van der Waals surface area contributed by atoms with E-state index in [1.54, 1.807) is 37.5 Å². The topological polar surface area (TPSA) is 62.1 Å². The molecule has 1 N–H and O–H groups in total. The Morgan fingerprint density at radius 3 is 2.38 bits per heavy atom. The predicted molar refractivity (Wildman–Crippen MR) is 95.4 cm³/mol. The van der Waals surface area contributed by atoms with Crippen LogP contribution in [0, 0.1) is 11.3 Å². The van der Waals surface area contributed by atoms with Crippen molar-refractivity contribution in [3.8, 4) is 11.8 Å². The number of hydrogen-bond acceptors (Lipinski definition) is 3. The Balaban J connectivity index is 2.13. The summed E-state index contributed by atoms with van der Waals surface area (Å²) in [7, 11) is 1.58. The molecule has 2 rings (SSSR count). The van der Waals surface area contributed by atoms with Crippen molar-refractivity contribution in [1.29, 1.82) is 5.26 Å². The average Bonchev–Trinajstić information content (AvgIpc) is 2.61. The van der Waals surface area contributed by atoms with Crippen LogP contribution in [0.25, 0.3) is 6.08 Å². The van der Waals surface area contributed by atoms with Gasteiger partial charge in [-0.25, -0.2) is 0 Å². The Morgan fingerprint density at radius 1 is 1.12 bits per heavy atom. The Labute approximate surface area is 141 Å². The summed E-state index contributed by atoms with van der Waals surface area (Å²) >= 11 is 0. The number of ether oxygens (including phenoxy) is 1. The largest absolute Gasteiger partial charge is 0.497 e. The molecule has 4 heteroatoms. The van der Waals surface area contributed by atoms with Crippen LogP contribution in [-0.4, -0.2) is 13.0 Å². The molecule has 0 spiro atoms. The van der Waals surface area contributed by atoms with Crippen LogP contribution in [0.3, 0.4) is 0 Å². The van der Waals surface area contributed by atoms with E-state index in [-0.39, 0.29) is 5.57 Å². The van der Waals surface area contributed by atoms with E-state index >= 15 is 0 Å². The second kappa shape index (κ2) is 8.35. The molecule has 0 aliphatic rings. The smallest absolute Gasteiger partial charge is 0.266 e. The van der Waals surface area contributed by atoms with Crippen molar-refractivity contribution in [3.63, 3.8) is 0 Å². The minimum atomic E-state index is -0.441. The van der Waals surface area contributed by atoms with Gasteiger partial charge in [0, 0.05) is 5.69 Å². The molecule has 2 aromatic carbocycles. The molecule has 0 aliphatic carbocycles. The minimum absolute atomic E-state index is 0.0514. The maximum atomic E-state index is 12.2. The molecule has 0 unspecified atom stereocenters. The molecule has 0 atom stereocenters. The SMILES string of the molecule is COc1ccc(NC(=O)/C(C#N)=C/C(C)=C/c2ccccc2)cc1. The van der Waals surface area contributed by atoms with Crippen molar-refractivity contribution < 1.29 is 9.53 Å². The van der Waals surface area contributed by atoms with Gasteiger partial charge in [-0.15, -0.1) is 0 Å². The van der Waals surface area contributed by atoms with E-state index in [4.69, 9.17) is 4.74 Å². The van der Waals surface area contributed by atoms with Crippen LogP contribution in [0.5, 0.6) is 5.75 Å². The van der Waals surface area contributed by atoms with Gasteiger partial charge in [0.1, 0.15) is 17.4 Å².